The predicted molar refractivity (Wildman–Crippen MR) is 79.5 cm³/mol. The van der Waals surface area contributed by atoms with Crippen LogP contribution < -0.4 is 4.90 Å². The zero-order valence-electron chi connectivity index (χ0n) is 10.2. The van der Waals surface area contributed by atoms with E-state index in [1.54, 1.807) is 11.3 Å². The fraction of sp³-hybridized carbons (Fsp3) is 0.308. The van der Waals surface area contributed by atoms with Gasteiger partial charge in [-0.25, -0.2) is 0 Å². The lowest BCUT2D eigenvalue weighted by atomic mass is 10.1. The molecule has 1 aliphatic heterocycles. The molecule has 1 fully saturated rings. The van der Waals surface area contributed by atoms with Crippen molar-refractivity contribution in [2.45, 2.75) is 12.8 Å². The largest absolute Gasteiger partial charge is 0.348 e. The monoisotopic (exact) mass is 337 g/mol. The number of aromatic nitrogens is 2. The Labute approximate surface area is 123 Å². The van der Waals surface area contributed by atoms with Crippen LogP contribution in [0.4, 0.5) is 5.82 Å². The standard InChI is InChI=1S/C13H12BrN3OS/c14-9-6-12(19-8-9)11-3-4-13(16-15-11)17-5-1-2-10(18)7-17/h3-4,6,8H,1-2,5,7H2. The summed E-state index contributed by atoms with van der Waals surface area (Å²) in [5.41, 5.74) is 0.864. The number of hydrogen-bond donors (Lipinski definition) is 0. The maximum absolute atomic E-state index is 11.4. The Morgan fingerprint density at radius 1 is 1.32 bits per heavy atom. The molecule has 0 aliphatic carbocycles. The average Bonchev–Trinajstić information content (AvgIpc) is 2.86. The average molecular weight is 338 g/mol. The molecule has 0 spiro atoms. The molecule has 0 bridgehead atoms. The summed E-state index contributed by atoms with van der Waals surface area (Å²) in [6.07, 6.45) is 1.59. The quantitative estimate of drug-likeness (QED) is 0.844. The van der Waals surface area contributed by atoms with Gasteiger partial charge in [0.1, 0.15) is 5.69 Å². The molecule has 1 aliphatic rings. The van der Waals surface area contributed by atoms with Crippen molar-refractivity contribution >= 4 is 38.9 Å². The molecule has 0 amide bonds. The summed E-state index contributed by atoms with van der Waals surface area (Å²) >= 11 is 5.06. The molecule has 6 heteroatoms. The summed E-state index contributed by atoms with van der Waals surface area (Å²) in [7, 11) is 0. The van der Waals surface area contributed by atoms with Gasteiger partial charge >= 0.3 is 0 Å². The van der Waals surface area contributed by atoms with Gasteiger partial charge in [0.05, 0.1) is 11.4 Å². The number of nitrogens with zero attached hydrogens (tertiary/aromatic N) is 3. The van der Waals surface area contributed by atoms with Crippen LogP contribution in [0.15, 0.2) is 28.1 Å². The van der Waals surface area contributed by atoms with E-state index >= 15 is 0 Å². The molecular formula is C13H12BrN3OS. The van der Waals surface area contributed by atoms with Crippen molar-refractivity contribution in [3.8, 4) is 10.6 Å². The van der Waals surface area contributed by atoms with Gasteiger partial charge < -0.3 is 4.90 Å². The molecule has 0 atom stereocenters. The molecule has 1 saturated heterocycles. The van der Waals surface area contributed by atoms with Gasteiger partial charge in [-0.05, 0) is 40.5 Å². The lowest BCUT2D eigenvalue weighted by Gasteiger charge is -2.26. The molecule has 0 saturated carbocycles. The van der Waals surface area contributed by atoms with Gasteiger partial charge in [-0.3, -0.25) is 4.79 Å². The minimum Gasteiger partial charge on any atom is -0.348 e. The van der Waals surface area contributed by atoms with Crippen LogP contribution in [0.25, 0.3) is 10.6 Å². The normalized spacial score (nSPS) is 15.8. The van der Waals surface area contributed by atoms with E-state index in [9.17, 15) is 4.79 Å². The Balaban J connectivity index is 1.80. The molecule has 0 N–H and O–H groups in total. The second-order valence-electron chi connectivity index (χ2n) is 4.47. The molecule has 98 valence electrons. The van der Waals surface area contributed by atoms with Crippen molar-refractivity contribution in [3.05, 3.63) is 28.1 Å². The topological polar surface area (TPSA) is 46.1 Å². The molecule has 4 nitrogen and oxygen atoms in total. The summed E-state index contributed by atoms with van der Waals surface area (Å²) in [6, 6.07) is 5.92. The number of carbonyl (C=O) groups excluding carboxylic acids is 1. The molecule has 0 unspecified atom stereocenters. The van der Waals surface area contributed by atoms with E-state index in [2.05, 4.69) is 26.1 Å². The molecule has 0 aromatic carbocycles. The second-order valence-corrected chi connectivity index (χ2v) is 6.30. The Hall–Kier alpha value is -1.27. The lowest BCUT2D eigenvalue weighted by molar-refractivity contribution is -0.118. The van der Waals surface area contributed by atoms with Crippen LogP contribution in [-0.4, -0.2) is 29.1 Å². The highest BCUT2D eigenvalue weighted by Gasteiger charge is 2.18. The molecule has 3 rings (SSSR count). The van der Waals surface area contributed by atoms with Gasteiger partial charge in [0.25, 0.3) is 0 Å². The fourth-order valence-electron chi connectivity index (χ4n) is 2.11. The van der Waals surface area contributed by atoms with E-state index in [0.29, 0.717) is 13.0 Å². The van der Waals surface area contributed by atoms with Gasteiger partial charge in [-0.2, -0.15) is 0 Å². The Morgan fingerprint density at radius 2 is 2.21 bits per heavy atom. The number of Topliss-reactive ketones (excluding diaryl/α,β-unsaturated/α-hetero) is 1. The second kappa shape index (κ2) is 5.38. The number of hydrogen-bond acceptors (Lipinski definition) is 5. The summed E-state index contributed by atoms with van der Waals surface area (Å²) in [5, 5.41) is 10.5. The molecule has 19 heavy (non-hydrogen) atoms. The summed E-state index contributed by atoms with van der Waals surface area (Å²) in [4.78, 5) is 14.5. The fourth-order valence-corrected chi connectivity index (χ4v) is 3.50. The lowest BCUT2D eigenvalue weighted by Crippen LogP contribution is -2.36. The van der Waals surface area contributed by atoms with E-state index in [1.807, 2.05) is 28.5 Å². The highest BCUT2D eigenvalue weighted by molar-refractivity contribution is 9.10. The predicted octanol–water partition coefficient (Wildman–Crippen LogP) is 3.14. The first-order chi connectivity index (χ1) is 9.22. The van der Waals surface area contributed by atoms with Crippen LogP contribution in [0.1, 0.15) is 12.8 Å². The van der Waals surface area contributed by atoms with Gasteiger partial charge in [0.15, 0.2) is 11.6 Å². The van der Waals surface area contributed by atoms with Gasteiger partial charge in [0, 0.05) is 22.8 Å². The minimum atomic E-state index is 0.277. The summed E-state index contributed by atoms with van der Waals surface area (Å²) in [6.45, 7) is 1.34. The van der Waals surface area contributed by atoms with Crippen LogP contribution in [-0.2, 0) is 4.79 Å². The van der Waals surface area contributed by atoms with Crippen LogP contribution in [0, 0.1) is 0 Å². The highest BCUT2D eigenvalue weighted by atomic mass is 79.9. The van der Waals surface area contributed by atoms with Crippen molar-refractivity contribution in [2.75, 3.05) is 18.0 Å². The molecule has 2 aromatic heterocycles. The third-order valence-corrected chi connectivity index (χ3v) is 4.76. The van der Waals surface area contributed by atoms with E-state index < -0.39 is 0 Å². The molecule has 3 heterocycles. The number of anilines is 1. The third kappa shape index (κ3) is 2.84. The van der Waals surface area contributed by atoms with Crippen LogP contribution in [0.5, 0.6) is 0 Å². The Bertz CT molecular complexity index is 596. The maximum Gasteiger partial charge on any atom is 0.152 e. The number of rotatable bonds is 2. The first-order valence-corrected chi connectivity index (χ1v) is 7.74. The number of halogens is 1. The van der Waals surface area contributed by atoms with Crippen molar-refractivity contribution in [2.24, 2.45) is 0 Å². The highest BCUT2D eigenvalue weighted by Crippen LogP contribution is 2.28. The zero-order chi connectivity index (χ0) is 13.2. The third-order valence-electron chi connectivity index (χ3n) is 3.05. The molecular weight excluding hydrogens is 326 g/mol. The van der Waals surface area contributed by atoms with Crippen molar-refractivity contribution < 1.29 is 4.79 Å². The zero-order valence-corrected chi connectivity index (χ0v) is 12.6. The van der Waals surface area contributed by atoms with E-state index in [0.717, 1.165) is 33.8 Å². The SMILES string of the molecule is O=C1CCCN(c2ccc(-c3cc(Br)cs3)nn2)C1. The molecule has 2 aromatic rings. The van der Waals surface area contributed by atoms with Gasteiger partial charge in [0.2, 0.25) is 0 Å². The van der Waals surface area contributed by atoms with E-state index in [4.69, 9.17) is 0 Å². The first-order valence-electron chi connectivity index (χ1n) is 6.07. The minimum absolute atomic E-state index is 0.277. The number of ketones is 1. The Morgan fingerprint density at radius 3 is 2.84 bits per heavy atom. The van der Waals surface area contributed by atoms with Crippen LogP contribution in [0.3, 0.4) is 0 Å². The summed E-state index contributed by atoms with van der Waals surface area (Å²) < 4.78 is 1.06. The van der Waals surface area contributed by atoms with Crippen molar-refractivity contribution in [1.29, 1.82) is 0 Å². The first kappa shape index (κ1) is 12.7. The van der Waals surface area contributed by atoms with E-state index in [1.165, 1.54) is 0 Å². The van der Waals surface area contributed by atoms with E-state index in [-0.39, 0.29) is 5.78 Å². The number of thiophene rings is 1. The van der Waals surface area contributed by atoms with Crippen molar-refractivity contribution in [1.82, 2.24) is 10.2 Å². The smallest absolute Gasteiger partial charge is 0.152 e. The number of piperidine rings is 1. The maximum atomic E-state index is 11.4. The van der Waals surface area contributed by atoms with Gasteiger partial charge in [-0.1, -0.05) is 0 Å². The van der Waals surface area contributed by atoms with Crippen molar-refractivity contribution in [3.63, 3.8) is 0 Å². The summed E-state index contributed by atoms with van der Waals surface area (Å²) in [5.74, 6) is 1.06. The Kier molecular flexibility index (Phi) is 3.61. The van der Waals surface area contributed by atoms with Crippen LogP contribution >= 0.6 is 27.3 Å². The van der Waals surface area contributed by atoms with Crippen LogP contribution in [0.2, 0.25) is 0 Å². The number of carbonyl (C=O) groups is 1. The van der Waals surface area contributed by atoms with Gasteiger partial charge in [-0.15, -0.1) is 21.5 Å². The molecule has 0 radical (unpaired) electrons.